The monoisotopic (exact) mass is 235 g/mol. The molecule has 1 rings (SSSR count). The summed E-state index contributed by atoms with van der Waals surface area (Å²) in [6.45, 7) is 5.66. The Morgan fingerprint density at radius 2 is 1.71 bits per heavy atom. The number of carbonyl (C=O) groups is 1. The fourth-order valence-electron chi connectivity index (χ4n) is 1.77. The van der Waals surface area contributed by atoms with Gasteiger partial charge in [0.05, 0.1) is 6.04 Å². The number of rotatable bonds is 5. The number of hydrogen-bond donors (Lipinski definition) is 0. The number of ketones is 1. The normalized spacial score (nSPS) is 11.6. The van der Waals surface area contributed by atoms with Gasteiger partial charge in [-0.3, -0.25) is 9.69 Å². The molecule has 2 nitrogen and oxygen atoms in total. The average Bonchev–Trinajstić information content (AvgIpc) is 2.32. The SMILES string of the molecule is CC.CC(=O)[C@@H](CCc1ccccc1)N(C)C. The first-order valence-electron chi connectivity index (χ1n) is 6.32. The van der Waals surface area contributed by atoms with Gasteiger partial charge in [-0.1, -0.05) is 44.2 Å². The first kappa shape index (κ1) is 15.9. The van der Waals surface area contributed by atoms with Crippen molar-refractivity contribution in [3.05, 3.63) is 35.9 Å². The lowest BCUT2D eigenvalue weighted by Crippen LogP contribution is -2.34. The largest absolute Gasteiger partial charge is 0.300 e. The molecule has 0 bridgehead atoms. The molecule has 0 spiro atoms. The number of likely N-dealkylation sites (N-methyl/N-ethyl adjacent to an activating group) is 1. The Balaban J connectivity index is 0.00000121. The summed E-state index contributed by atoms with van der Waals surface area (Å²) in [6, 6.07) is 10.3. The minimum absolute atomic E-state index is 0.0465. The molecule has 0 saturated heterocycles. The molecule has 1 aromatic carbocycles. The van der Waals surface area contributed by atoms with E-state index in [1.165, 1.54) is 5.56 Å². The van der Waals surface area contributed by atoms with Crippen LogP contribution in [0.5, 0.6) is 0 Å². The fraction of sp³-hybridized carbons (Fsp3) is 0.533. The van der Waals surface area contributed by atoms with E-state index in [1.54, 1.807) is 6.92 Å². The molecule has 0 heterocycles. The van der Waals surface area contributed by atoms with Crippen LogP contribution in [-0.4, -0.2) is 30.8 Å². The molecule has 0 unspecified atom stereocenters. The van der Waals surface area contributed by atoms with Crippen LogP contribution >= 0.6 is 0 Å². The summed E-state index contributed by atoms with van der Waals surface area (Å²) in [4.78, 5) is 13.4. The van der Waals surface area contributed by atoms with E-state index in [1.807, 2.05) is 51.0 Å². The van der Waals surface area contributed by atoms with Gasteiger partial charge < -0.3 is 0 Å². The van der Waals surface area contributed by atoms with Gasteiger partial charge in [0.1, 0.15) is 5.78 Å². The van der Waals surface area contributed by atoms with Crippen LogP contribution < -0.4 is 0 Å². The second-order valence-electron chi connectivity index (χ2n) is 4.11. The topological polar surface area (TPSA) is 20.3 Å². The van der Waals surface area contributed by atoms with Crippen molar-refractivity contribution in [1.82, 2.24) is 4.90 Å². The zero-order valence-corrected chi connectivity index (χ0v) is 11.7. The highest BCUT2D eigenvalue weighted by molar-refractivity contribution is 5.81. The number of nitrogens with zero attached hydrogens (tertiary/aromatic N) is 1. The molecule has 0 saturated carbocycles. The van der Waals surface area contributed by atoms with E-state index in [4.69, 9.17) is 0 Å². The summed E-state index contributed by atoms with van der Waals surface area (Å²) in [6.07, 6.45) is 1.86. The van der Waals surface area contributed by atoms with E-state index < -0.39 is 0 Å². The molecule has 0 fully saturated rings. The smallest absolute Gasteiger partial charge is 0.146 e. The van der Waals surface area contributed by atoms with Crippen LogP contribution in [0.2, 0.25) is 0 Å². The zero-order chi connectivity index (χ0) is 13.3. The third-order valence-corrected chi connectivity index (χ3v) is 2.64. The molecule has 96 valence electrons. The van der Waals surface area contributed by atoms with Crippen LogP contribution in [-0.2, 0) is 11.2 Å². The van der Waals surface area contributed by atoms with Gasteiger partial charge in [0.15, 0.2) is 0 Å². The second kappa shape index (κ2) is 8.94. The van der Waals surface area contributed by atoms with E-state index in [9.17, 15) is 4.79 Å². The van der Waals surface area contributed by atoms with Crippen molar-refractivity contribution in [1.29, 1.82) is 0 Å². The molecular weight excluding hydrogens is 210 g/mol. The Labute approximate surface area is 106 Å². The molecule has 1 atom stereocenters. The minimum Gasteiger partial charge on any atom is -0.300 e. The predicted octanol–water partition coefficient (Wildman–Crippen LogP) is 3.16. The summed E-state index contributed by atoms with van der Waals surface area (Å²) in [5, 5.41) is 0. The van der Waals surface area contributed by atoms with Gasteiger partial charge in [-0.15, -0.1) is 0 Å². The molecule has 0 aliphatic carbocycles. The van der Waals surface area contributed by atoms with Crippen molar-refractivity contribution in [3.63, 3.8) is 0 Å². The number of carbonyl (C=O) groups excluding carboxylic acids is 1. The van der Waals surface area contributed by atoms with Crippen molar-refractivity contribution < 1.29 is 4.79 Å². The zero-order valence-electron chi connectivity index (χ0n) is 11.7. The van der Waals surface area contributed by atoms with Crippen molar-refractivity contribution in [2.45, 2.75) is 39.7 Å². The van der Waals surface area contributed by atoms with Crippen molar-refractivity contribution >= 4 is 5.78 Å². The lowest BCUT2D eigenvalue weighted by atomic mass is 10.0. The minimum atomic E-state index is 0.0465. The maximum atomic E-state index is 11.4. The Hall–Kier alpha value is -1.15. The van der Waals surface area contributed by atoms with Gasteiger partial charge in [0.2, 0.25) is 0 Å². The van der Waals surface area contributed by atoms with E-state index in [2.05, 4.69) is 12.1 Å². The van der Waals surface area contributed by atoms with Crippen LogP contribution in [0.25, 0.3) is 0 Å². The summed E-state index contributed by atoms with van der Waals surface area (Å²) in [7, 11) is 3.91. The van der Waals surface area contributed by atoms with Gasteiger partial charge >= 0.3 is 0 Å². The average molecular weight is 235 g/mol. The quantitative estimate of drug-likeness (QED) is 0.781. The second-order valence-corrected chi connectivity index (χ2v) is 4.11. The van der Waals surface area contributed by atoms with E-state index >= 15 is 0 Å². The van der Waals surface area contributed by atoms with Gasteiger partial charge in [-0.05, 0) is 39.4 Å². The lowest BCUT2D eigenvalue weighted by molar-refractivity contribution is -0.121. The summed E-state index contributed by atoms with van der Waals surface area (Å²) in [5.41, 5.74) is 1.30. The van der Waals surface area contributed by atoms with Crippen molar-refractivity contribution in [2.75, 3.05) is 14.1 Å². The molecule has 1 aromatic rings. The third kappa shape index (κ3) is 6.22. The van der Waals surface area contributed by atoms with Crippen LogP contribution in [0, 0.1) is 0 Å². The predicted molar refractivity (Wildman–Crippen MR) is 74.3 cm³/mol. The van der Waals surface area contributed by atoms with Crippen molar-refractivity contribution in [3.8, 4) is 0 Å². The first-order chi connectivity index (χ1) is 8.11. The number of benzene rings is 1. The molecule has 0 radical (unpaired) electrons. The Morgan fingerprint density at radius 3 is 2.12 bits per heavy atom. The summed E-state index contributed by atoms with van der Waals surface area (Å²) < 4.78 is 0. The maximum absolute atomic E-state index is 11.4. The van der Waals surface area contributed by atoms with Crippen LogP contribution in [0.3, 0.4) is 0 Å². The summed E-state index contributed by atoms with van der Waals surface area (Å²) in [5.74, 6) is 0.246. The van der Waals surface area contributed by atoms with Gasteiger partial charge in [-0.2, -0.15) is 0 Å². The number of aryl methyl sites for hydroxylation is 1. The molecule has 0 aliphatic rings. The number of Topliss-reactive ketones (excluding diaryl/α,β-unsaturated/α-hetero) is 1. The Bertz CT molecular complexity index is 306. The molecule has 0 aromatic heterocycles. The Kier molecular flexibility index (Phi) is 8.34. The molecular formula is C15H25NO. The highest BCUT2D eigenvalue weighted by atomic mass is 16.1. The van der Waals surface area contributed by atoms with Gasteiger partial charge in [0, 0.05) is 0 Å². The lowest BCUT2D eigenvalue weighted by Gasteiger charge is -2.21. The Morgan fingerprint density at radius 1 is 1.18 bits per heavy atom. The fourth-order valence-corrected chi connectivity index (χ4v) is 1.77. The van der Waals surface area contributed by atoms with Crippen LogP contribution in [0.15, 0.2) is 30.3 Å². The molecule has 0 aliphatic heterocycles. The highest BCUT2D eigenvalue weighted by Crippen LogP contribution is 2.08. The van der Waals surface area contributed by atoms with E-state index in [0.717, 1.165) is 12.8 Å². The molecule has 17 heavy (non-hydrogen) atoms. The maximum Gasteiger partial charge on any atom is 0.146 e. The number of hydrogen-bond acceptors (Lipinski definition) is 2. The summed E-state index contributed by atoms with van der Waals surface area (Å²) >= 11 is 0. The first-order valence-corrected chi connectivity index (χ1v) is 6.32. The third-order valence-electron chi connectivity index (χ3n) is 2.64. The van der Waals surface area contributed by atoms with Crippen molar-refractivity contribution in [2.24, 2.45) is 0 Å². The van der Waals surface area contributed by atoms with E-state index in [0.29, 0.717) is 0 Å². The van der Waals surface area contributed by atoms with Gasteiger partial charge in [-0.25, -0.2) is 0 Å². The highest BCUT2D eigenvalue weighted by Gasteiger charge is 2.15. The standard InChI is InChI=1S/C13H19NO.C2H6/c1-11(15)13(14(2)3)10-9-12-7-5-4-6-8-12;1-2/h4-8,13H,9-10H2,1-3H3;1-2H3/t13-;/m1./s1. The molecule has 0 N–H and O–H groups in total. The van der Waals surface area contributed by atoms with Crippen LogP contribution in [0.1, 0.15) is 32.8 Å². The van der Waals surface area contributed by atoms with E-state index in [-0.39, 0.29) is 11.8 Å². The molecule has 2 heteroatoms. The van der Waals surface area contributed by atoms with Crippen LogP contribution in [0.4, 0.5) is 0 Å². The molecule has 0 amide bonds. The van der Waals surface area contributed by atoms with Gasteiger partial charge in [0.25, 0.3) is 0 Å².